The van der Waals surface area contributed by atoms with Crippen molar-refractivity contribution < 1.29 is 0 Å². The quantitative estimate of drug-likeness (QED) is 0.163. The van der Waals surface area contributed by atoms with Gasteiger partial charge in [0.2, 0.25) is 0 Å². The van der Waals surface area contributed by atoms with E-state index in [4.69, 9.17) is 0 Å². The summed E-state index contributed by atoms with van der Waals surface area (Å²) in [6.07, 6.45) is 7.51. The van der Waals surface area contributed by atoms with E-state index < -0.39 is 0 Å². The topological polar surface area (TPSA) is 6.48 Å². The zero-order valence-corrected chi connectivity index (χ0v) is 44.3. The molecule has 0 amide bonds. The van der Waals surface area contributed by atoms with Crippen LogP contribution >= 0.6 is 11.3 Å². The molecule has 4 heteroatoms. The van der Waals surface area contributed by atoms with Crippen LogP contribution in [0.3, 0.4) is 0 Å². The third kappa shape index (κ3) is 6.33. The molecule has 13 rings (SSSR count). The van der Waals surface area contributed by atoms with Crippen molar-refractivity contribution in [1.29, 1.82) is 0 Å². The van der Waals surface area contributed by atoms with Crippen LogP contribution in [-0.2, 0) is 32.5 Å². The summed E-state index contributed by atoms with van der Waals surface area (Å²) in [5.74, 6) is 0. The molecule has 2 aliphatic heterocycles. The van der Waals surface area contributed by atoms with Gasteiger partial charge in [-0.15, -0.1) is 11.3 Å². The van der Waals surface area contributed by atoms with Gasteiger partial charge in [0.1, 0.15) is 0 Å². The first-order valence-electron chi connectivity index (χ1n) is 25.8. The molecule has 0 saturated heterocycles. The summed E-state index contributed by atoms with van der Waals surface area (Å²) in [6, 6.07) is 41.8. The highest BCUT2D eigenvalue weighted by atomic mass is 32.1. The molecule has 0 atom stereocenters. The molecule has 3 heterocycles. The largest absolute Gasteiger partial charge is 0.311 e. The minimum absolute atomic E-state index is 0.0212. The summed E-state index contributed by atoms with van der Waals surface area (Å²) in [5.41, 5.74) is 25.6. The SMILES string of the molecule is Cc1cc(C(C)(C)C)cc(C)c1N1c2ccc(C(C)(C)C)cc2B2c3c(cc(-c4ccccc4)cc31)N(c1ccc3c(c1)C(C)(C)CCC3(C)C)c1sc3cc4c(cc3c12)C1(C)CCC4(C)CC1. The Hall–Kier alpha value is -5.06. The predicted molar refractivity (Wildman–Crippen MR) is 297 cm³/mol. The summed E-state index contributed by atoms with van der Waals surface area (Å²) >= 11 is 2.05. The lowest BCUT2D eigenvalue weighted by Gasteiger charge is -2.52. The number of thiophene rings is 1. The van der Waals surface area contributed by atoms with E-state index in [-0.39, 0.29) is 39.2 Å². The van der Waals surface area contributed by atoms with Crippen molar-refractivity contribution in [2.75, 3.05) is 9.80 Å². The average Bonchev–Trinajstić information content (AvgIpc) is 3.66. The van der Waals surface area contributed by atoms with Crippen LogP contribution in [0.15, 0.2) is 103 Å². The van der Waals surface area contributed by atoms with Crippen LogP contribution in [0, 0.1) is 13.8 Å². The van der Waals surface area contributed by atoms with Crippen molar-refractivity contribution in [2.45, 2.75) is 168 Å². The molecular weight excluding hydrogens is 840 g/mol. The minimum Gasteiger partial charge on any atom is -0.311 e. The third-order valence-electron chi connectivity index (χ3n) is 18.2. The molecule has 346 valence electrons. The van der Waals surface area contributed by atoms with Crippen LogP contribution < -0.4 is 26.2 Å². The van der Waals surface area contributed by atoms with Gasteiger partial charge in [0, 0.05) is 27.4 Å². The lowest BCUT2D eigenvalue weighted by molar-refractivity contribution is 0.188. The van der Waals surface area contributed by atoms with Gasteiger partial charge in [-0.25, -0.2) is 0 Å². The number of hydrogen-bond donors (Lipinski definition) is 0. The number of aryl methyl sites for hydroxylation is 2. The van der Waals surface area contributed by atoms with Crippen molar-refractivity contribution in [3.63, 3.8) is 0 Å². The lowest BCUT2D eigenvalue weighted by Crippen LogP contribution is -2.61. The number of fused-ring (bicyclic) bond motifs is 9. The van der Waals surface area contributed by atoms with E-state index in [1.165, 1.54) is 143 Å². The van der Waals surface area contributed by atoms with Gasteiger partial charge in [-0.3, -0.25) is 0 Å². The first-order valence-corrected chi connectivity index (χ1v) is 26.7. The lowest BCUT2D eigenvalue weighted by atomic mass is 9.33. The Morgan fingerprint density at radius 1 is 0.500 bits per heavy atom. The Balaban J connectivity index is 1.24. The van der Waals surface area contributed by atoms with Gasteiger partial charge in [0.15, 0.2) is 0 Å². The molecule has 2 nitrogen and oxygen atoms in total. The highest BCUT2D eigenvalue weighted by molar-refractivity contribution is 7.26. The number of anilines is 6. The van der Waals surface area contributed by atoms with Crippen LogP contribution in [0.1, 0.15) is 166 Å². The fourth-order valence-corrected chi connectivity index (χ4v) is 15.0. The maximum Gasteiger partial charge on any atom is 0.254 e. The molecule has 1 saturated carbocycles. The summed E-state index contributed by atoms with van der Waals surface area (Å²) < 4.78 is 1.44. The fraction of sp³-hybridized carbons (Fsp3) is 0.406. The zero-order valence-electron chi connectivity index (χ0n) is 43.4. The van der Waals surface area contributed by atoms with Crippen LogP contribution in [0.5, 0.6) is 0 Å². The van der Waals surface area contributed by atoms with Crippen LogP contribution in [0.2, 0.25) is 0 Å². The Morgan fingerprint density at radius 3 is 1.71 bits per heavy atom. The molecule has 7 aromatic rings. The predicted octanol–water partition coefficient (Wildman–Crippen LogP) is 16.3. The number of nitrogens with zero attached hydrogens (tertiary/aromatic N) is 2. The molecule has 0 radical (unpaired) electrons. The second kappa shape index (κ2) is 14.3. The molecule has 1 fully saturated rings. The first-order chi connectivity index (χ1) is 32.0. The number of rotatable bonds is 3. The highest BCUT2D eigenvalue weighted by Crippen LogP contribution is 2.59. The average molecular weight is 911 g/mol. The van der Waals surface area contributed by atoms with E-state index in [0.29, 0.717) is 0 Å². The Labute approximate surface area is 412 Å². The first kappa shape index (κ1) is 44.2. The Morgan fingerprint density at radius 2 is 1.09 bits per heavy atom. The summed E-state index contributed by atoms with van der Waals surface area (Å²) in [4.78, 5) is 5.44. The highest BCUT2D eigenvalue weighted by Gasteiger charge is 2.51. The molecule has 1 aromatic heterocycles. The number of benzene rings is 6. The van der Waals surface area contributed by atoms with Gasteiger partial charge in [-0.2, -0.15) is 0 Å². The van der Waals surface area contributed by atoms with Crippen molar-refractivity contribution in [3.8, 4) is 11.1 Å². The van der Waals surface area contributed by atoms with E-state index in [2.05, 4.69) is 221 Å². The van der Waals surface area contributed by atoms with Gasteiger partial charge in [-0.05, 0) is 205 Å². The van der Waals surface area contributed by atoms with Crippen LogP contribution in [0.25, 0.3) is 21.2 Å². The van der Waals surface area contributed by atoms with Gasteiger partial charge < -0.3 is 9.80 Å². The Kier molecular flexibility index (Phi) is 9.27. The van der Waals surface area contributed by atoms with Crippen molar-refractivity contribution in [2.24, 2.45) is 0 Å². The molecule has 0 N–H and O–H groups in total. The molecule has 2 bridgehead atoms. The fourth-order valence-electron chi connectivity index (χ4n) is 13.7. The van der Waals surface area contributed by atoms with Gasteiger partial charge in [-0.1, -0.05) is 144 Å². The number of hydrogen-bond acceptors (Lipinski definition) is 3. The summed E-state index contributed by atoms with van der Waals surface area (Å²) in [6.45, 7) is 34.0. The van der Waals surface area contributed by atoms with Gasteiger partial charge >= 0.3 is 0 Å². The van der Waals surface area contributed by atoms with E-state index in [1.54, 1.807) is 11.1 Å². The maximum atomic E-state index is 2.75. The standard InChI is InChI=1S/C64H71BN2S/c1-38-30-43(60(6,7)8)31-39(2)57(38)67-51-23-20-42(59(3,4)5)34-50(51)65-55-45-36-48-49(64(14)28-26-63(48,13)27-29-64)37-54(45)68-58(55)66(44-21-22-46-47(35-44)62(11,12)25-24-61(46,9)10)52-32-41(33-53(67)56(52)65)40-18-16-15-17-19-40/h15-23,30-37H,24-29H2,1-14H3. The summed E-state index contributed by atoms with van der Waals surface area (Å²) in [5, 5.41) is 2.84. The minimum atomic E-state index is -0.0212. The van der Waals surface area contributed by atoms with Gasteiger partial charge in [0.25, 0.3) is 6.71 Å². The van der Waals surface area contributed by atoms with E-state index in [1.807, 2.05) is 0 Å². The Bertz CT molecular complexity index is 3250. The van der Waals surface area contributed by atoms with Gasteiger partial charge in [0.05, 0.1) is 10.7 Å². The van der Waals surface area contributed by atoms with Crippen molar-refractivity contribution >= 4 is 78.0 Å². The zero-order chi connectivity index (χ0) is 47.8. The van der Waals surface area contributed by atoms with Crippen molar-refractivity contribution in [3.05, 3.63) is 148 Å². The normalized spacial score (nSPS) is 21.9. The molecule has 0 unspecified atom stereocenters. The maximum absolute atomic E-state index is 2.75. The smallest absolute Gasteiger partial charge is 0.254 e. The van der Waals surface area contributed by atoms with E-state index >= 15 is 0 Å². The van der Waals surface area contributed by atoms with Crippen molar-refractivity contribution in [1.82, 2.24) is 0 Å². The second-order valence-corrected chi connectivity index (χ2v) is 27.0. The molecule has 0 spiro atoms. The van der Waals surface area contributed by atoms with E-state index in [0.717, 1.165) is 0 Å². The van der Waals surface area contributed by atoms with Crippen LogP contribution in [0.4, 0.5) is 33.4 Å². The monoisotopic (exact) mass is 911 g/mol. The van der Waals surface area contributed by atoms with E-state index in [9.17, 15) is 0 Å². The molecule has 4 aliphatic carbocycles. The van der Waals surface area contributed by atoms with Crippen LogP contribution in [-0.4, -0.2) is 6.71 Å². The molecule has 68 heavy (non-hydrogen) atoms. The molecule has 6 aromatic carbocycles. The second-order valence-electron chi connectivity index (χ2n) is 26.0. The molecular formula is C64H71BN2S. The molecule has 6 aliphatic rings. The third-order valence-corrected chi connectivity index (χ3v) is 19.4. The summed E-state index contributed by atoms with van der Waals surface area (Å²) in [7, 11) is 0.